The number of rotatable bonds is 9. The van der Waals surface area contributed by atoms with Crippen molar-refractivity contribution >= 4 is 77.7 Å². The predicted octanol–water partition coefficient (Wildman–Crippen LogP) is 23.2. The second kappa shape index (κ2) is 21.4. The van der Waals surface area contributed by atoms with Crippen molar-refractivity contribution in [3.8, 4) is 67.5 Å². The minimum Gasteiger partial charge on any atom is -0.310 e. The van der Waals surface area contributed by atoms with E-state index in [0.717, 1.165) is 73.6 Å². The van der Waals surface area contributed by atoms with Crippen molar-refractivity contribution in [1.82, 2.24) is 19.1 Å². The lowest BCUT2D eigenvalue weighted by molar-refractivity contribution is 0.632. The van der Waals surface area contributed by atoms with Crippen LogP contribution < -0.4 is 9.80 Å². The topological polar surface area (TPSA) is 42.1 Å². The quantitative estimate of drug-likeness (QED) is 0.144. The fourth-order valence-corrected chi connectivity index (χ4v) is 15.4. The van der Waals surface area contributed by atoms with Crippen LogP contribution in [0.4, 0.5) is 34.1 Å². The van der Waals surface area contributed by atoms with Gasteiger partial charge in [-0.3, -0.25) is 0 Å². The largest absolute Gasteiger partial charge is 0.310 e. The molecule has 0 saturated heterocycles. The summed E-state index contributed by atoms with van der Waals surface area (Å²) in [7, 11) is 0. The van der Waals surface area contributed by atoms with E-state index in [0.29, 0.717) is 5.82 Å². The first kappa shape index (κ1) is 55.0. The van der Waals surface area contributed by atoms with Crippen LogP contribution in [-0.2, 0) is 10.8 Å². The van der Waals surface area contributed by atoms with Crippen LogP contribution in [-0.4, -0.2) is 19.1 Å². The Labute approximate surface area is 547 Å². The Morgan fingerprint density at radius 3 is 1.07 bits per heavy atom. The fourth-order valence-electron chi connectivity index (χ4n) is 15.4. The molecule has 13 aromatic carbocycles. The van der Waals surface area contributed by atoms with Crippen molar-refractivity contribution in [2.45, 2.75) is 38.5 Å². The van der Waals surface area contributed by atoms with Gasteiger partial charge in [0.1, 0.15) is 0 Å². The lowest BCUT2D eigenvalue weighted by Crippen LogP contribution is -2.31. The molecule has 16 aromatic rings. The van der Waals surface area contributed by atoms with Gasteiger partial charge in [-0.1, -0.05) is 222 Å². The van der Waals surface area contributed by atoms with Crippen LogP contribution in [0.1, 0.15) is 49.9 Å². The second-order valence-electron chi connectivity index (χ2n) is 26.2. The predicted molar refractivity (Wildman–Crippen MR) is 392 cm³/mol. The van der Waals surface area contributed by atoms with Gasteiger partial charge < -0.3 is 18.9 Å². The molecule has 0 unspecified atom stereocenters. The van der Waals surface area contributed by atoms with Crippen molar-refractivity contribution in [1.29, 1.82) is 0 Å². The van der Waals surface area contributed by atoms with Crippen LogP contribution in [0, 0.1) is 0 Å². The number of aromatic nitrogens is 4. The highest BCUT2D eigenvalue weighted by atomic mass is 15.2. The molecular weight excluding hydrogens is 1140 g/mol. The zero-order valence-corrected chi connectivity index (χ0v) is 52.7. The summed E-state index contributed by atoms with van der Waals surface area (Å²) < 4.78 is 4.78. The van der Waals surface area contributed by atoms with E-state index < -0.39 is 0 Å². The van der Waals surface area contributed by atoms with Crippen LogP contribution in [0.5, 0.6) is 0 Å². The molecule has 0 radical (unpaired) electrons. The molecule has 0 spiro atoms. The molecule has 0 fully saturated rings. The minimum atomic E-state index is -0.369. The zero-order valence-electron chi connectivity index (χ0n) is 52.7. The maximum absolute atomic E-state index is 5.55. The molecule has 3 aromatic heterocycles. The maximum Gasteiger partial charge on any atom is 0.160 e. The van der Waals surface area contributed by atoms with Gasteiger partial charge in [0, 0.05) is 71.8 Å². The lowest BCUT2D eigenvalue weighted by atomic mass is 9.72. The molecule has 446 valence electrons. The molecular formula is C88H64N6. The van der Waals surface area contributed by atoms with Crippen LogP contribution in [0.2, 0.25) is 0 Å². The standard InChI is InChI=1S/C88H64N6/c1-87(2)72-35-19-23-39-82(72)93(84-47-43-61(53-74(84)87)59-41-45-80-70(51-59)68-33-17-21-37-78(68)91(80)64-29-13-7-14-30-64)66-49-63(77-56-76(57-25-9-5-10-26-57)89-86(90-77)58-27-11-6-12-28-58)50-67(55-66)94-83-40-24-20-36-73(83)88(3,4)75-54-62(44-48-85(75)94)60-42-46-81-71(52-60)69-34-18-22-38-79(69)92(81)65-31-15-8-16-32-65/h5-56H,1-4H3. The molecule has 2 aliphatic rings. The molecule has 0 N–H and O–H groups in total. The third-order valence-corrected chi connectivity index (χ3v) is 20.0. The molecule has 0 saturated carbocycles. The summed E-state index contributed by atoms with van der Waals surface area (Å²) in [6.07, 6.45) is 0. The van der Waals surface area contributed by atoms with E-state index in [1.54, 1.807) is 0 Å². The third-order valence-electron chi connectivity index (χ3n) is 20.0. The number of nitrogens with zero attached hydrogens (tertiary/aromatic N) is 6. The molecule has 0 atom stereocenters. The van der Waals surface area contributed by atoms with E-state index >= 15 is 0 Å². The molecule has 2 aliphatic heterocycles. The number of fused-ring (bicyclic) bond motifs is 10. The Morgan fingerprint density at radius 2 is 0.596 bits per heavy atom. The van der Waals surface area contributed by atoms with E-state index in [1.165, 1.54) is 88.1 Å². The summed E-state index contributed by atoms with van der Waals surface area (Å²) >= 11 is 0. The first-order valence-corrected chi connectivity index (χ1v) is 32.5. The van der Waals surface area contributed by atoms with E-state index in [-0.39, 0.29) is 10.8 Å². The van der Waals surface area contributed by atoms with Gasteiger partial charge in [0.2, 0.25) is 0 Å². The van der Waals surface area contributed by atoms with Gasteiger partial charge in [0.25, 0.3) is 0 Å². The van der Waals surface area contributed by atoms with Crippen molar-refractivity contribution in [2.24, 2.45) is 0 Å². The van der Waals surface area contributed by atoms with Gasteiger partial charge in [0.15, 0.2) is 5.82 Å². The Balaban J connectivity index is 0.843. The molecule has 6 nitrogen and oxygen atoms in total. The van der Waals surface area contributed by atoms with E-state index in [2.05, 4.69) is 356 Å². The van der Waals surface area contributed by atoms with Crippen molar-refractivity contribution < 1.29 is 0 Å². The summed E-state index contributed by atoms with van der Waals surface area (Å²) in [5, 5.41) is 4.92. The van der Waals surface area contributed by atoms with Crippen molar-refractivity contribution in [2.75, 3.05) is 9.80 Å². The summed E-state index contributed by atoms with van der Waals surface area (Å²) in [6.45, 7) is 9.56. The molecule has 18 rings (SSSR count). The number of anilines is 6. The van der Waals surface area contributed by atoms with Crippen LogP contribution >= 0.6 is 0 Å². The van der Waals surface area contributed by atoms with Crippen molar-refractivity contribution in [3.05, 3.63) is 338 Å². The normalized spacial score (nSPS) is 13.7. The lowest BCUT2D eigenvalue weighted by Gasteiger charge is -2.44. The van der Waals surface area contributed by atoms with Gasteiger partial charge in [0.05, 0.1) is 56.2 Å². The third kappa shape index (κ3) is 8.70. The number of hydrogen-bond acceptors (Lipinski definition) is 4. The van der Waals surface area contributed by atoms with E-state index in [4.69, 9.17) is 9.97 Å². The highest BCUT2D eigenvalue weighted by Crippen LogP contribution is 2.57. The van der Waals surface area contributed by atoms with Crippen LogP contribution in [0.15, 0.2) is 315 Å². The van der Waals surface area contributed by atoms with Gasteiger partial charge in [-0.2, -0.15) is 0 Å². The second-order valence-corrected chi connectivity index (χ2v) is 26.2. The van der Waals surface area contributed by atoms with Crippen molar-refractivity contribution in [3.63, 3.8) is 0 Å². The molecule has 0 aliphatic carbocycles. The van der Waals surface area contributed by atoms with Gasteiger partial charge >= 0.3 is 0 Å². The molecule has 0 bridgehead atoms. The average Bonchev–Trinajstić information content (AvgIpc) is 1.01. The van der Waals surface area contributed by atoms with Gasteiger partial charge in [-0.25, -0.2) is 9.97 Å². The molecule has 5 heterocycles. The molecule has 6 heteroatoms. The minimum absolute atomic E-state index is 0.369. The zero-order chi connectivity index (χ0) is 62.8. The Morgan fingerprint density at radius 1 is 0.234 bits per heavy atom. The van der Waals surface area contributed by atoms with Crippen LogP contribution in [0.3, 0.4) is 0 Å². The SMILES string of the molecule is CC1(C)c2ccccc2N(c2cc(-c3cc(-c4ccccc4)nc(-c4ccccc4)n3)cc(N3c4ccccc4C(C)(C)c4cc(-c5ccc6c(c5)c5ccccc5n6-c5ccccc5)ccc43)c2)c2ccc(-c3ccc4c(c3)c3ccccc3n4-c3ccccc3)cc21. The molecule has 0 amide bonds. The average molecular weight is 1210 g/mol. The Hall–Kier alpha value is -11.9. The first-order valence-electron chi connectivity index (χ1n) is 32.5. The monoisotopic (exact) mass is 1200 g/mol. The number of para-hydroxylation sites is 6. The van der Waals surface area contributed by atoms with E-state index in [9.17, 15) is 0 Å². The van der Waals surface area contributed by atoms with Gasteiger partial charge in [-0.15, -0.1) is 0 Å². The molecule has 94 heavy (non-hydrogen) atoms. The fraction of sp³-hybridized carbons (Fsp3) is 0.0682. The highest BCUT2D eigenvalue weighted by Gasteiger charge is 2.40. The summed E-state index contributed by atoms with van der Waals surface area (Å²) in [5.74, 6) is 0.667. The maximum atomic E-state index is 5.55. The highest BCUT2D eigenvalue weighted by molar-refractivity contribution is 6.12. The Bertz CT molecular complexity index is 5340. The number of benzene rings is 13. The summed E-state index contributed by atoms with van der Waals surface area (Å²) in [6, 6.07) is 116. The summed E-state index contributed by atoms with van der Waals surface area (Å²) in [4.78, 5) is 15.9. The van der Waals surface area contributed by atoms with Gasteiger partial charge in [-0.05, 0) is 166 Å². The smallest absolute Gasteiger partial charge is 0.160 e. The first-order chi connectivity index (χ1) is 46.1. The number of hydrogen-bond donors (Lipinski definition) is 0. The van der Waals surface area contributed by atoms with E-state index in [1.807, 2.05) is 6.07 Å². The Kier molecular flexibility index (Phi) is 12.5. The summed E-state index contributed by atoms with van der Waals surface area (Å²) in [5.41, 5.74) is 27.2. The van der Waals surface area contributed by atoms with Crippen LogP contribution in [0.25, 0.3) is 111 Å².